The number of ether oxygens (including phenoxy) is 1. The molecule has 0 radical (unpaired) electrons. The summed E-state index contributed by atoms with van der Waals surface area (Å²) in [6.45, 7) is 2.22. The Labute approximate surface area is 97.0 Å². The van der Waals surface area contributed by atoms with E-state index in [-0.39, 0.29) is 0 Å². The third kappa shape index (κ3) is 2.00. The highest BCUT2D eigenvalue weighted by Crippen LogP contribution is 2.35. The van der Waals surface area contributed by atoms with E-state index in [1.54, 1.807) is 0 Å². The average Bonchev–Trinajstić information content (AvgIpc) is 2.74. The van der Waals surface area contributed by atoms with Gasteiger partial charge in [0, 0.05) is 0 Å². The molecule has 1 saturated heterocycles. The second-order valence-electron chi connectivity index (χ2n) is 4.81. The number of piperidine rings is 1. The summed E-state index contributed by atoms with van der Waals surface area (Å²) in [4.78, 5) is 0. The van der Waals surface area contributed by atoms with Crippen LogP contribution >= 0.6 is 0 Å². The Morgan fingerprint density at radius 3 is 2.75 bits per heavy atom. The molecule has 1 fully saturated rings. The van der Waals surface area contributed by atoms with Crippen molar-refractivity contribution in [3.05, 3.63) is 35.4 Å². The summed E-state index contributed by atoms with van der Waals surface area (Å²) < 4.78 is 6.24. The molecule has 2 nitrogen and oxygen atoms in total. The van der Waals surface area contributed by atoms with Crippen molar-refractivity contribution in [2.45, 2.75) is 37.9 Å². The van der Waals surface area contributed by atoms with Crippen LogP contribution in [0.25, 0.3) is 0 Å². The van der Waals surface area contributed by atoms with Crippen LogP contribution in [0, 0.1) is 0 Å². The van der Waals surface area contributed by atoms with Gasteiger partial charge in [0.25, 0.3) is 0 Å². The molecule has 1 unspecified atom stereocenters. The van der Waals surface area contributed by atoms with E-state index in [1.807, 2.05) is 0 Å². The molecule has 2 heteroatoms. The topological polar surface area (TPSA) is 21.3 Å². The van der Waals surface area contributed by atoms with Gasteiger partial charge in [0.15, 0.2) is 0 Å². The van der Waals surface area contributed by atoms with E-state index >= 15 is 0 Å². The Morgan fingerprint density at radius 2 is 1.88 bits per heavy atom. The molecular weight excluding hydrogens is 198 g/mol. The van der Waals surface area contributed by atoms with Gasteiger partial charge in [-0.15, -0.1) is 0 Å². The summed E-state index contributed by atoms with van der Waals surface area (Å²) in [5.41, 5.74) is 2.92. The SMILES string of the molecule is c1ccc2c(c1)CCC2OC1CCNCC1. The smallest absolute Gasteiger partial charge is 0.0834 e. The maximum atomic E-state index is 6.24. The molecule has 0 bridgehead atoms. The zero-order valence-corrected chi connectivity index (χ0v) is 9.61. The Balaban J connectivity index is 1.68. The van der Waals surface area contributed by atoms with Crippen molar-refractivity contribution in [1.82, 2.24) is 5.32 Å². The van der Waals surface area contributed by atoms with Crippen LogP contribution in [0.5, 0.6) is 0 Å². The lowest BCUT2D eigenvalue weighted by Gasteiger charge is -2.26. The van der Waals surface area contributed by atoms with Crippen LogP contribution in [0.15, 0.2) is 24.3 Å². The van der Waals surface area contributed by atoms with Crippen LogP contribution in [0.1, 0.15) is 36.5 Å². The first-order chi connectivity index (χ1) is 7.93. The van der Waals surface area contributed by atoms with Gasteiger partial charge in [0.1, 0.15) is 0 Å². The van der Waals surface area contributed by atoms with Gasteiger partial charge in [-0.05, 0) is 49.9 Å². The van der Waals surface area contributed by atoms with Crippen molar-refractivity contribution >= 4 is 0 Å². The van der Waals surface area contributed by atoms with Gasteiger partial charge in [0.05, 0.1) is 12.2 Å². The second kappa shape index (κ2) is 4.56. The molecule has 1 aliphatic carbocycles. The van der Waals surface area contributed by atoms with Crippen LogP contribution in [-0.2, 0) is 11.2 Å². The normalized spacial score (nSPS) is 25.6. The Hall–Kier alpha value is -0.860. The van der Waals surface area contributed by atoms with Gasteiger partial charge >= 0.3 is 0 Å². The second-order valence-corrected chi connectivity index (χ2v) is 4.81. The van der Waals surface area contributed by atoms with Crippen LogP contribution in [0.3, 0.4) is 0 Å². The summed E-state index contributed by atoms with van der Waals surface area (Å²) >= 11 is 0. The molecule has 1 aromatic rings. The van der Waals surface area contributed by atoms with Gasteiger partial charge in [-0.25, -0.2) is 0 Å². The van der Waals surface area contributed by atoms with Crippen molar-refractivity contribution < 1.29 is 4.74 Å². The zero-order valence-electron chi connectivity index (χ0n) is 9.61. The minimum absolute atomic E-state index is 0.360. The Kier molecular flexibility index (Phi) is 2.94. The molecule has 1 N–H and O–H groups in total. The molecule has 1 aliphatic heterocycles. The van der Waals surface area contributed by atoms with E-state index in [9.17, 15) is 0 Å². The minimum Gasteiger partial charge on any atom is -0.370 e. The number of rotatable bonds is 2. The summed E-state index contributed by atoms with van der Waals surface area (Å²) in [5.74, 6) is 0. The van der Waals surface area contributed by atoms with Crippen molar-refractivity contribution in [2.24, 2.45) is 0 Å². The van der Waals surface area contributed by atoms with Gasteiger partial charge in [-0.3, -0.25) is 0 Å². The molecule has 0 spiro atoms. The molecule has 0 aromatic heterocycles. The van der Waals surface area contributed by atoms with Gasteiger partial charge < -0.3 is 10.1 Å². The van der Waals surface area contributed by atoms with Crippen LogP contribution in [0.2, 0.25) is 0 Å². The number of nitrogens with one attached hydrogen (secondary N) is 1. The maximum absolute atomic E-state index is 6.24. The van der Waals surface area contributed by atoms with Gasteiger partial charge in [-0.2, -0.15) is 0 Å². The molecule has 1 aromatic carbocycles. The van der Waals surface area contributed by atoms with Crippen LogP contribution < -0.4 is 5.32 Å². The largest absolute Gasteiger partial charge is 0.370 e. The number of aryl methyl sites for hydroxylation is 1. The standard InChI is InChI=1S/C14H19NO/c1-2-4-13-11(3-1)5-6-14(13)16-12-7-9-15-10-8-12/h1-4,12,14-15H,5-10H2. The summed E-state index contributed by atoms with van der Waals surface area (Å²) in [6, 6.07) is 8.73. The molecular formula is C14H19NO. The average molecular weight is 217 g/mol. The number of hydrogen-bond donors (Lipinski definition) is 1. The molecule has 0 amide bonds. The Bertz CT molecular complexity index is 358. The summed E-state index contributed by atoms with van der Waals surface area (Å²) in [5, 5.41) is 3.38. The number of fused-ring (bicyclic) bond motifs is 1. The first-order valence-corrected chi connectivity index (χ1v) is 6.37. The zero-order chi connectivity index (χ0) is 10.8. The third-order valence-electron chi connectivity index (χ3n) is 3.72. The Morgan fingerprint density at radius 1 is 1.06 bits per heavy atom. The first-order valence-electron chi connectivity index (χ1n) is 6.37. The number of benzene rings is 1. The van der Waals surface area contributed by atoms with E-state index in [2.05, 4.69) is 29.6 Å². The summed E-state index contributed by atoms with van der Waals surface area (Å²) in [6.07, 6.45) is 5.52. The fourth-order valence-corrected chi connectivity index (χ4v) is 2.82. The molecule has 1 heterocycles. The van der Waals surface area contributed by atoms with Crippen molar-refractivity contribution in [2.75, 3.05) is 13.1 Å². The van der Waals surface area contributed by atoms with Crippen molar-refractivity contribution in [3.63, 3.8) is 0 Å². The molecule has 3 rings (SSSR count). The van der Waals surface area contributed by atoms with Crippen molar-refractivity contribution in [1.29, 1.82) is 0 Å². The van der Waals surface area contributed by atoms with Gasteiger partial charge in [-0.1, -0.05) is 24.3 Å². The van der Waals surface area contributed by atoms with E-state index in [1.165, 1.54) is 36.8 Å². The minimum atomic E-state index is 0.360. The lowest BCUT2D eigenvalue weighted by atomic mass is 10.1. The van der Waals surface area contributed by atoms with E-state index in [0.717, 1.165) is 13.1 Å². The van der Waals surface area contributed by atoms with E-state index in [4.69, 9.17) is 4.74 Å². The fraction of sp³-hybridized carbons (Fsp3) is 0.571. The predicted octanol–water partition coefficient (Wildman–Crippen LogP) is 2.44. The highest BCUT2D eigenvalue weighted by molar-refractivity contribution is 5.33. The predicted molar refractivity (Wildman–Crippen MR) is 64.5 cm³/mol. The maximum Gasteiger partial charge on any atom is 0.0834 e. The van der Waals surface area contributed by atoms with Gasteiger partial charge in [0.2, 0.25) is 0 Å². The van der Waals surface area contributed by atoms with Crippen LogP contribution in [-0.4, -0.2) is 19.2 Å². The molecule has 1 atom stereocenters. The summed E-state index contributed by atoms with van der Waals surface area (Å²) in [7, 11) is 0. The highest BCUT2D eigenvalue weighted by Gasteiger charge is 2.26. The third-order valence-corrected chi connectivity index (χ3v) is 3.72. The molecule has 86 valence electrons. The number of hydrogen-bond acceptors (Lipinski definition) is 2. The lowest BCUT2D eigenvalue weighted by Crippen LogP contribution is -2.33. The van der Waals surface area contributed by atoms with E-state index in [0.29, 0.717) is 12.2 Å². The van der Waals surface area contributed by atoms with Crippen LogP contribution in [0.4, 0.5) is 0 Å². The highest BCUT2D eigenvalue weighted by atomic mass is 16.5. The quantitative estimate of drug-likeness (QED) is 0.821. The lowest BCUT2D eigenvalue weighted by molar-refractivity contribution is -0.0268. The van der Waals surface area contributed by atoms with Crippen molar-refractivity contribution in [3.8, 4) is 0 Å². The molecule has 2 aliphatic rings. The molecule has 16 heavy (non-hydrogen) atoms. The first kappa shape index (κ1) is 10.3. The monoisotopic (exact) mass is 217 g/mol. The fourth-order valence-electron chi connectivity index (χ4n) is 2.82. The van der Waals surface area contributed by atoms with E-state index < -0.39 is 0 Å². The molecule has 0 saturated carbocycles.